The van der Waals surface area contributed by atoms with Crippen molar-refractivity contribution in [3.63, 3.8) is 0 Å². The van der Waals surface area contributed by atoms with E-state index in [4.69, 9.17) is 34.6 Å². The first kappa shape index (κ1) is 24.6. The summed E-state index contributed by atoms with van der Waals surface area (Å²) in [6.07, 6.45) is 0. The normalized spacial score (nSPS) is 19.5. The average molecular weight is 455 g/mol. The van der Waals surface area contributed by atoms with Crippen molar-refractivity contribution in [2.75, 3.05) is 0 Å². The van der Waals surface area contributed by atoms with Crippen molar-refractivity contribution in [1.29, 1.82) is 0 Å². The van der Waals surface area contributed by atoms with E-state index in [1.54, 1.807) is 0 Å². The Morgan fingerprint density at radius 1 is 0.533 bits per heavy atom. The Morgan fingerprint density at radius 3 is 1.00 bits per heavy atom. The molecule has 0 fully saturated rings. The Morgan fingerprint density at radius 2 is 0.800 bits per heavy atom. The third-order valence-electron chi connectivity index (χ3n) is 4.42. The van der Waals surface area contributed by atoms with E-state index in [1.165, 1.54) is 0 Å². The molecule has 0 saturated heterocycles. The number of hydrogen-bond acceptors (Lipinski definition) is 6. The molecule has 0 unspecified atom stereocenters. The molecule has 0 spiro atoms. The van der Waals surface area contributed by atoms with Crippen LogP contribution in [0.3, 0.4) is 0 Å². The Labute approximate surface area is 192 Å². The summed E-state index contributed by atoms with van der Waals surface area (Å²) >= 11 is 11.5. The summed E-state index contributed by atoms with van der Waals surface area (Å²) in [5, 5.41) is 18.6. The van der Waals surface area contributed by atoms with Gasteiger partial charge in [-0.1, -0.05) is 0 Å². The van der Waals surface area contributed by atoms with Gasteiger partial charge in [0.2, 0.25) is 21.9 Å². The third kappa shape index (κ3) is 4.96. The zero-order valence-corrected chi connectivity index (χ0v) is 22.1. The summed E-state index contributed by atoms with van der Waals surface area (Å²) in [6, 6.07) is 0. The Bertz CT molecular complexity index is 709. The maximum absolute atomic E-state index is 5.76. The smallest absolute Gasteiger partial charge is 0.212 e. The predicted molar refractivity (Wildman–Crippen MR) is 133 cm³/mol. The van der Waals surface area contributed by atoms with Crippen LogP contribution in [0, 0.1) is 0 Å². The fraction of sp³-hybridized carbons (Fsp3) is 0.800. The van der Waals surface area contributed by atoms with Gasteiger partial charge in [-0.25, -0.2) is 10.0 Å². The molecule has 0 aromatic heterocycles. The van der Waals surface area contributed by atoms with Crippen molar-refractivity contribution in [2.24, 2.45) is 10.2 Å². The van der Waals surface area contributed by atoms with Crippen molar-refractivity contribution < 1.29 is 0 Å². The molecular weight excluding hydrogens is 416 g/mol. The van der Waals surface area contributed by atoms with Gasteiger partial charge in [0.25, 0.3) is 0 Å². The number of amidine groups is 2. The molecule has 2 aliphatic heterocycles. The highest BCUT2D eigenvalue weighted by atomic mass is 32.1. The lowest BCUT2D eigenvalue weighted by atomic mass is 10.1. The van der Waals surface area contributed by atoms with Gasteiger partial charge >= 0.3 is 0 Å². The fourth-order valence-electron chi connectivity index (χ4n) is 2.81. The highest BCUT2D eigenvalue weighted by Gasteiger charge is 2.42. The summed E-state index contributed by atoms with van der Waals surface area (Å²) in [6.45, 7) is 25.1. The molecule has 0 bridgehead atoms. The topological polar surface area (TPSA) is 61.7 Å². The minimum Gasteiger partial charge on any atom is -0.274 e. The van der Waals surface area contributed by atoms with Crippen molar-refractivity contribution >= 4 is 46.3 Å². The largest absolute Gasteiger partial charge is 0.274 e. The molecule has 30 heavy (non-hydrogen) atoms. The molecule has 0 radical (unpaired) electrons. The van der Waals surface area contributed by atoms with Gasteiger partial charge in [-0.05, 0) is 108 Å². The van der Waals surface area contributed by atoms with E-state index in [-0.39, 0.29) is 22.2 Å². The maximum atomic E-state index is 5.76. The molecule has 0 saturated carbocycles. The minimum atomic E-state index is -0.300. The van der Waals surface area contributed by atoms with Crippen LogP contribution < -0.4 is 10.9 Å². The van der Waals surface area contributed by atoms with E-state index in [9.17, 15) is 0 Å². The van der Waals surface area contributed by atoms with E-state index in [0.29, 0.717) is 21.9 Å². The second-order valence-corrected chi connectivity index (χ2v) is 12.4. The van der Waals surface area contributed by atoms with E-state index in [2.05, 4.69) is 93.9 Å². The molecule has 0 aromatic rings. The first-order chi connectivity index (χ1) is 13.2. The minimum absolute atomic E-state index is 0.264. The Hall–Kier alpha value is -1.68. The number of thiocarbonyl (C=S) groups is 2. The average Bonchev–Trinajstić information content (AvgIpc) is 2.50. The monoisotopic (exact) mass is 454 g/mol. The summed E-state index contributed by atoms with van der Waals surface area (Å²) < 4.78 is 0. The third-order valence-corrected chi connectivity index (χ3v) is 5.13. The zero-order chi connectivity index (χ0) is 23.4. The summed E-state index contributed by atoms with van der Waals surface area (Å²) in [4.78, 5) is 0. The molecule has 2 N–H and O–H groups in total. The van der Waals surface area contributed by atoms with Gasteiger partial charge in [0.1, 0.15) is 0 Å². The first-order valence-corrected chi connectivity index (χ1v) is 11.1. The molecule has 2 rings (SSSR count). The van der Waals surface area contributed by atoms with Crippen molar-refractivity contribution in [3.8, 4) is 0 Å². The fourth-order valence-corrected chi connectivity index (χ4v) is 4.08. The first-order valence-electron chi connectivity index (χ1n) is 10.2. The lowest BCUT2D eigenvalue weighted by Crippen LogP contribution is -2.71. The quantitative estimate of drug-likeness (QED) is 0.583. The van der Waals surface area contributed by atoms with E-state index in [1.807, 2.05) is 20.0 Å². The molecule has 0 amide bonds. The lowest BCUT2D eigenvalue weighted by molar-refractivity contribution is 0.122. The number of nitrogens with zero attached hydrogens (tertiary/aromatic N) is 6. The standard InChI is InChI=1S/C20H38N8S2/c1-17(2,3)25-15(29)26(18(4,5)6)22-13(21-25)14-23-27(19(7,8)9)16(30)28(24-14)20(10,11)12/h1-12H3,(H,21,22)(H,23,24). The summed E-state index contributed by atoms with van der Waals surface area (Å²) in [5.74, 6) is 1.17. The van der Waals surface area contributed by atoms with Gasteiger partial charge in [0.15, 0.2) is 0 Å². The van der Waals surface area contributed by atoms with Crippen LogP contribution in [-0.4, -0.2) is 64.1 Å². The zero-order valence-electron chi connectivity index (χ0n) is 20.5. The lowest BCUT2D eigenvalue weighted by Gasteiger charge is -2.50. The molecule has 2 aliphatic rings. The number of hydrazone groups is 2. The molecule has 0 aromatic carbocycles. The van der Waals surface area contributed by atoms with Gasteiger partial charge in [-0.2, -0.15) is 0 Å². The molecule has 0 atom stereocenters. The second-order valence-electron chi connectivity index (χ2n) is 11.7. The van der Waals surface area contributed by atoms with Crippen LogP contribution in [-0.2, 0) is 0 Å². The van der Waals surface area contributed by atoms with Gasteiger partial charge in [0, 0.05) is 0 Å². The van der Waals surface area contributed by atoms with Gasteiger partial charge in [-0.15, -0.1) is 10.2 Å². The van der Waals surface area contributed by atoms with E-state index >= 15 is 0 Å². The molecule has 0 aliphatic carbocycles. The van der Waals surface area contributed by atoms with Gasteiger partial charge < -0.3 is 0 Å². The van der Waals surface area contributed by atoms with Crippen LogP contribution in [0.5, 0.6) is 0 Å². The number of hydrogen-bond donors (Lipinski definition) is 2. The molecule has 2 heterocycles. The van der Waals surface area contributed by atoms with Crippen molar-refractivity contribution in [3.05, 3.63) is 0 Å². The summed E-state index contributed by atoms with van der Waals surface area (Å²) in [7, 11) is 0. The Kier molecular flexibility index (Phi) is 6.13. The maximum Gasteiger partial charge on any atom is 0.212 e. The van der Waals surface area contributed by atoms with Crippen LogP contribution in [0.2, 0.25) is 0 Å². The number of hydrazine groups is 2. The highest BCUT2D eigenvalue weighted by molar-refractivity contribution is 7.80. The van der Waals surface area contributed by atoms with Crippen LogP contribution in [0.4, 0.5) is 0 Å². The molecule has 10 heteroatoms. The highest BCUT2D eigenvalue weighted by Crippen LogP contribution is 2.26. The van der Waals surface area contributed by atoms with Gasteiger partial charge in [0.05, 0.1) is 22.2 Å². The number of nitrogens with one attached hydrogen (secondary N) is 2. The van der Waals surface area contributed by atoms with E-state index in [0.717, 1.165) is 0 Å². The molecule has 170 valence electrons. The second kappa shape index (κ2) is 7.47. The van der Waals surface area contributed by atoms with Gasteiger partial charge in [-0.3, -0.25) is 20.9 Å². The van der Waals surface area contributed by atoms with Crippen LogP contribution in [0.25, 0.3) is 0 Å². The molecular formula is C20H38N8S2. The molecule has 8 nitrogen and oxygen atoms in total. The summed E-state index contributed by atoms with van der Waals surface area (Å²) in [5.41, 5.74) is 5.64. The van der Waals surface area contributed by atoms with Crippen molar-refractivity contribution in [1.82, 2.24) is 30.9 Å². The van der Waals surface area contributed by atoms with E-state index < -0.39 is 0 Å². The Balaban J connectivity index is 2.62. The SMILES string of the molecule is CC(C)(C)N1N=C(C2=NN(C(C)(C)C)C(=S)N(C(C)(C)C)N2)NN(C(C)(C)C)C1=S. The van der Waals surface area contributed by atoms with Crippen LogP contribution >= 0.6 is 24.4 Å². The van der Waals surface area contributed by atoms with Crippen LogP contribution in [0.1, 0.15) is 83.1 Å². The predicted octanol–water partition coefficient (Wildman–Crippen LogP) is 3.62. The van der Waals surface area contributed by atoms with Crippen molar-refractivity contribution in [2.45, 2.75) is 105 Å². The van der Waals surface area contributed by atoms with Crippen LogP contribution in [0.15, 0.2) is 10.2 Å². The number of rotatable bonds is 1.